The monoisotopic (exact) mass is 490 g/mol. The summed E-state index contributed by atoms with van der Waals surface area (Å²) in [6.07, 6.45) is 8.60. The van der Waals surface area contributed by atoms with E-state index >= 15 is 0 Å². The Morgan fingerprint density at radius 3 is 1.29 bits per heavy atom. The number of rotatable bonds is 20. The van der Waals surface area contributed by atoms with E-state index in [0.29, 0.717) is 26.1 Å². The normalized spacial score (nSPS) is 14.1. The summed E-state index contributed by atoms with van der Waals surface area (Å²) in [5.41, 5.74) is -0.00701. The number of ether oxygens (including phenoxy) is 2. The van der Waals surface area contributed by atoms with Crippen molar-refractivity contribution in [1.29, 1.82) is 0 Å². The van der Waals surface area contributed by atoms with Crippen LogP contribution in [-0.4, -0.2) is 44.8 Å². The van der Waals surface area contributed by atoms with Crippen molar-refractivity contribution in [2.24, 2.45) is 10.8 Å². The van der Waals surface area contributed by atoms with Crippen molar-refractivity contribution < 1.29 is 33.8 Å². The van der Waals surface area contributed by atoms with Gasteiger partial charge in [0.05, 0.1) is 13.2 Å². The molecule has 0 aromatic rings. The maximum absolute atomic E-state index is 12.6. The van der Waals surface area contributed by atoms with Crippen molar-refractivity contribution in [2.45, 2.75) is 132 Å². The minimum absolute atomic E-state index is 0.00350. The summed E-state index contributed by atoms with van der Waals surface area (Å²) in [6.45, 7) is 18.1. The fourth-order valence-electron chi connectivity index (χ4n) is 2.93. The van der Waals surface area contributed by atoms with Crippen LogP contribution < -0.4 is 0 Å². The van der Waals surface area contributed by atoms with Crippen molar-refractivity contribution in [3.8, 4) is 0 Å². The number of hydrogen-bond acceptors (Lipinski definition) is 7. The number of hydrogen-bond donors (Lipinski definition) is 0. The van der Waals surface area contributed by atoms with E-state index in [0.717, 1.165) is 51.4 Å². The SMILES string of the molecule is CCCCCCC(COOCC(C)(C)C)OC(=O)OC(CCCCCC)COOCC(C)(C)C. The van der Waals surface area contributed by atoms with Gasteiger partial charge in [-0.2, -0.15) is 0 Å². The van der Waals surface area contributed by atoms with Crippen LogP contribution in [0.25, 0.3) is 0 Å². The quantitative estimate of drug-likeness (QED) is 0.0745. The Morgan fingerprint density at radius 2 is 0.971 bits per heavy atom. The lowest BCUT2D eigenvalue weighted by molar-refractivity contribution is -0.320. The Morgan fingerprint density at radius 1 is 0.588 bits per heavy atom. The predicted molar refractivity (Wildman–Crippen MR) is 135 cm³/mol. The van der Waals surface area contributed by atoms with Gasteiger partial charge in [-0.25, -0.2) is 24.3 Å². The van der Waals surface area contributed by atoms with Crippen molar-refractivity contribution in [3.63, 3.8) is 0 Å². The summed E-state index contributed by atoms with van der Waals surface area (Å²) in [5, 5.41) is 0. The van der Waals surface area contributed by atoms with Crippen LogP contribution in [-0.2, 0) is 29.0 Å². The smallest absolute Gasteiger partial charge is 0.428 e. The molecule has 0 amide bonds. The van der Waals surface area contributed by atoms with E-state index in [1.807, 2.05) is 0 Å². The molecule has 0 spiro atoms. The molecule has 0 aromatic heterocycles. The van der Waals surface area contributed by atoms with Crippen LogP contribution in [0.15, 0.2) is 0 Å². The van der Waals surface area contributed by atoms with E-state index in [-0.39, 0.29) is 24.0 Å². The van der Waals surface area contributed by atoms with Gasteiger partial charge in [0.25, 0.3) is 0 Å². The molecule has 204 valence electrons. The van der Waals surface area contributed by atoms with E-state index in [1.54, 1.807) is 0 Å². The summed E-state index contributed by atoms with van der Waals surface area (Å²) in [5.74, 6) is 0. The fraction of sp³-hybridized carbons (Fsp3) is 0.963. The van der Waals surface area contributed by atoms with Gasteiger partial charge in [-0.3, -0.25) is 0 Å². The summed E-state index contributed by atoms with van der Waals surface area (Å²) >= 11 is 0. The summed E-state index contributed by atoms with van der Waals surface area (Å²) in [4.78, 5) is 33.9. The topological polar surface area (TPSA) is 72.5 Å². The molecule has 0 aliphatic rings. The molecule has 0 saturated heterocycles. The van der Waals surface area contributed by atoms with Crippen LogP contribution in [0.5, 0.6) is 0 Å². The molecule has 0 aliphatic heterocycles. The van der Waals surface area contributed by atoms with Crippen molar-refractivity contribution in [2.75, 3.05) is 26.4 Å². The van der Waals surface area contributed by atoms with E-state index in [4.69, 9.17) is 29.0 Å². The molecule has 0 radical (unpaired) electrons. The highest BCUT2D eigenvalue weighted by Gasteiger charge is 2.22. The van der Waals surface area contributed by atoms with Crippen LogP contribution in [0, 0.1) is 10.8 Å². The second kappa shape index (κ2) is 19.3. The summed E-state index contributed by atoms with van der Waals surface area (Å²) < 4.78 is 11.2. The van der Waals surface area contributed by atoms with Gasteiger partial charge in [-0.05, 0) is 36.5 Å². The molecule has 0 fully saturated rings. The first-order chi connectivity index (χ1) is 16.0. The molecule has 7 nitrogen and oxygen atoms in total. The van der Waals surface area contributed by atoms with Gasteiger partial charge in [0, 0.05) is 0 Å². The van der Waals surface area contributed by atoms with Crippen molar-refractivity contribution >= 4 is 6.16 Å². The Bertz CT molecular complexity index is 440. The van der Waals surface area contributed by atoms with Crippen molar-refractivity contribution in [3.05, 3.63) is 0 Å². The zero-order chi connectivity index (χ0) is 25.9. The first kappa shape index (κ1) is 33.1. The highest BCUT2D eigenvalue weighted by atomic mass is 17.2. The van der Waals surface area contributed by atoms with E-state index in [2.05, 4.69) is 55.4 Å². The zero-order valence-electron chi connectivity index (χ0n) is 23.4. The minimum Gasteiger partial charge on any atom is -0.428 e. The Kier molecular flexibility index (Phi) is 18.8. The first-order valence-corrected chi connectivity index (χ1v) is 13.3. The molecule has 0 aliphatic carbocycles. The number of carbonyl (C=O) groups is 1. The van der Waals surface area contributed by atoms with Crippen LogP contribution >= 0.6 is 0 Å². The highest BCUT2D eigenvalue weighted by Crippen LogP contribution is 2.17. The van der Waals surface area contributed by atoms with E-state index in [9.17, 15) is 4.79 Å². The maximum atomic E-state index is 12.6. The lowest BCUT2D eigenvalue weighted by Gasteiger charge is -2.22. The molecule has 0 aromatic carbocycles. The van der Waals surface area contributed by atoms with Crippen LogP contribution in [0.2, 0.25) is 0 Å². The van der Waals surface area contributed by atoms with Gasteiger partial charge in [-0.15, -0.1) is 0 Å². The predicted octanol–water partition coefficient (Wildman–Crippen LogP) is 7.81. The van der Waals surface area contributed by atoms with E-state index < -0.39 is 18.4 Å². The highest BCUT2D eigenvalue weighted by molar-refractivity contribution is 5.60. The fourth-order valence-corrected chi connectivity index (χ4v) is 2.93. The molecule has 0 N–H and O–H groups in total. The molecule has 2 unspecified atom stereocenters. The lowest BCUT2D eigenvalue weighted by Crippen LogP contribution is -2.30. The molecule has 7 heteroatoms. The lowest BCUT2D eigenvalue weighted by atomic mass is 9.99. The van der Waals surface area contributed by atoms with E-state index in [1.165, 1.54) is 0 Å². The molecular formula is C27H54O7. The van der Waals surface area contributed by atoms with Crippen LogP contribution in [0.1, 0.15) is 120 Å². The molecule has 34 heavy (non-hydrogen) atoms. The van der Waals surface area contributed by atoms with Gasteiger partial charge in [-0.1, -0.05) is 93.9 Å². The number of unbranched alkanes of at least 4 members (excludes halogenated alkanes) is 6. The Hall–Kier alpha value is -0.890. The third-order valence-corrected chi connectivity index (χ3v) is 4.94. The van der Waals surface area contributed by atoms with Crippen LogP contribution in [0.4, 0.5) is 4.79 Å². The molecule has 0 heterocycles. The second-order valence-corrected chi connectivity index (χ2v) is 11.6. The average Bonchev–Trinajstić information content (AvgIpc) is 2.72. The Balaban J connectivity index is 4.71. The van der Waals surface area contributed by atoms with Gasteiger partial charge in [0.1, 0.15) is 25.4 Å². The summed E-state index contributed by atoms with van der Waals surface area (Å²) in [6, 6.07) is 0. The first-order valence-electron chi connectivity index (χ1n) is 13.3. The molecule has 0 saturated carbocycles. The van der Waals surface area contributed by atoms with Gasteiger partial charge < -0.3 is 9.47 Å². The van der Waals surface area contributed by atoms with Crippen LogP contribution in [0.3, 0.4) is 0 Å². The molecule has 0 rings (SSSR count). The number of carbonyl (C=O) groups excluding carboxylic acids is 1. The Labute approximate surface area is 209 Å². The van der Waals surface area contributed by atoms with Crippen molar-refractivity contribution in [1.82, 2.24) is 0 Å². The third-order valence-electron chi connectivity index (χ3n) is 4.94. The van der Waals surface area contributed by atoms with Gasteiger partial charge in [0.15, 0.2) is 0 Å². The molecule has 0 bridgehead atoms. The third kappa shape index (κ3) is 22.9. The zero-order valence-corrected chi connectivity index (χ0v) is 23.4. The maximum Gasteiger partial charge on any atom is 0.508 e. The molecular weight excluding hydrogens is 436 g/mol. The standard InChI is InChI=1S/C27H54O7/c1-9-11-13-15-17-23(19-29-31-21-26(3,4)5)33-25(28)34-24(18-16-14-12-10-2)20-30-32-22-27(6,7)8/h23-24H,9-22H2,1-8H3. The average molecular weight is 491 g/mol. The summed E-state index contributed by atoms with van der Waals surface area (Å²) in [7, 11) is 0. The minimum atomic E-state index is -0.695. The van der Waals surface area contributed by atoms with Gasteiger partial charge in [0.2, 0.25) is 0 Å². The second-order valence-electron chi connectivity index (χ2n) is 11.6. The van der Waals surface area contributed by atoms with Gasteiger partial charge >= 0.3 is 6.16 Å². The molecule has 2 atom stereocenters. The largest absolute Gasteiger partial charge is 0.508 e.